The molecule has 3 amide bonds. The van der Waals surface area contributed by atoms with Gasteiger partial charge in [-0.2, -0.15) is 0 Å². The molecule has 3 aliphatic heterocycles. The lowest BCUT2D eigenvalue weighted by atomic mass is 9.96. The number of esters is 1. The molecule has 0 aliphatic carbocycles. The summed E-state index contributed by atoms with van der Waals surface area (Å²) in [4.78, 5) is 50.1. The summed E-state index contributed by atoms with van der Waals surface area (Å²) in [7, 11) is 3.06. The number of nitrogens with zero attached hydrogens (tertiary/aromatic N) is 6. The number of hydrogen-bond donors (Lipinski definition) is 0. The normalized spacial score (nSPS) is 20.5. The van der Waals surface area contributed by atoms with Gasteiger partial charge in [0.1, 0.15) is 6.54 Å². The van der Waals surface area contributed by atoms with E-state index in [2.05, 4.69) is 58.3 Å². The molecular formula is C29H35N6O4+. The van der Waals surface area contributed by atoms with E-state index in [1.807, 2.05) is 12.1 Å². The van der Waals surface area contributed by atoms with Crippen LogP contribution < -0.4 is 0 Å². The Morgan fingerprint density at radius 1 is 0.949 bits per heavy atom. The fourth-order valence-electron chi connectivity index (χ4n) is 5.57. The average molecular weight is 532 g/mol. The number of piperazine rings is 1. The molecule has 39 heavy (non-hydrogen) atoms. The number of likely N-dealkylation sites (N-methyl/N-ethyl adjacent to an activating group) is 2. The van der Waals surface area contributed by atoms with Crippen LogP contribution >= 0.6 is 0 Å². The number of carbonyl (C=O) groups excluding carboxylic acids is 3. The van der Waals surface area contributed by atoms with E-state index in [0.29, 0.717) is 18.2 Å². The summed E-state index contributed by atoms with van der Waals surface area (Å²) in [5.41, 5.74) is 2.52. The highest BCUT2D eigenvalue weighted by Gasteiger charge is 2.53. The van der Waals surface area contributed by atoms with Crippen molar-refractivity contribution >= 4 is 29.6 Å². The maximum absolute atomic E-state index is 13.1. The van der Waals surface area contributed by atoms with Crippen LogP contribution in [0, 0.1) is 0 Å². The minimum absolute atomic E-state index is 0.105. The predicted molar refractivity (Wildman–Crippen MR) is 147 cm³/mol. The van der Waals surface area contributed by atoms with Gasteiger partial charge in [-0.1, -0.05) is 60.7 Å². The van der Waals surface area contributed by atoms with E-state index in [1.165, 1.54) is 23.1 Å². The van der Waals surface area contributed by atoms with Gasteiger partial charge in [0.05, 0.1) is 12.6 Å². The van der Waals surface area contributed by atoms with Crippen molar-refractivity contribution in [1.82, 2.24) is 19.6 Å². The van der Waals surface area contributed by atoms with E-state index in [9.17, 15) is 14.4 Å². The van der Waals surface area contributed by atoms with Gasteiger partial charge in [-0.15, -0.1) is 0 Å². The molecule has 5 rings (SSSR count). The molecule has 0 aromatic heterocycles. The van der Waals surface area contributed by atoms with Crippen molar-refractivity contribution in [3.8, 4) is 0 Å². The van der Waals surface area contributed by atoms with Crippen LogP contribution in [0.1, 0.15) is 24.1 Å². The Bertz CT molecular complexity index is 1250. The van der Waals surface area contributed by atoms with Crippen molar-refractivity contribution in [3.05, 3.63) is 71.8 Å². The lowest BCUT2D eigenvalue weighted by Gasteiger charge is -2.39. The number of ether oxygens (including phenoxy) is 1. The topological polar surface area (TPSA) is 88.8 Å². The molecule has 2 fully saturated rings. The Morgan fingerprint density at radius 3 is 2.10 bits per heavy atom. The number of amides is 3. The molecular weight excluding hydrogens is 496 g/mol. The van der Waals surface area contributed by atoms with Crippen LogP contribution in [-0.4, -0.2) is 120 Å². The van der Waals surface area contributed by atoms with Crippen LogP contribution in [0.25, 0.3) is 0 Å². The number of fused-ring (bicyclic) bond motifs is 1. The Hall–Kier alpha value is -3.89. The second-order valence-corrected chi connectivity index (χ2v) is 10.00. The number of hydrogen-bond acceptors (Lipinski definition) is 7. The van der Waals surface area contributed by atoms with Crippen LogP contribution in [0.2, 0.25) is 0 Å². The fourth-order valence-corrected chi connectivity index (χ4v) is 5.57. The van der Waals surface area contributed by atoms with E-state index in [0.717, 1.165) is 31.1 Å². The third-order valence-electron chi connectivity index (χ3n) is 7.59. The number of aliphatic imine (C=N–C) groups is 1. The van der Waals surface area contributed by atoms with Crippen molar-refractivity contribution < 1.29 is 23.7 Å². The molecule has 1 unspecified atom stereocenters. The zero-order chi connectivity index (χ0) is 27.5. The molecule has 2 aromatic rings. The second kappa shape index (κ2) is 11.5. The van der Waals surface area contributed by atoms with Crippen molar-refractivity contribution in [3.63, 3.8) is 0 Å². The molecule has 0 radical (unpaired) electrons. The maximum Gasteiger partial charge on any atom is 0.348 e. The third-order valence-corrected chi connectivity index (χ3v) is 7.59. The molecule has 0 saturated carbocycles. The van der Waals surface area contributed by atoms with Gasteiger partial charge < -0.3 is 4.74 Å². The number of carbonyl (C=O) groups is 3. The molecule has 2 aromatic carbocycles. The lowest BCUT2D eigenvalue weighted by Crippen LogP contribution is -2.62. The number of urea groups is 1. The van der Waals surface area contributed by atoms with Crippen molar-refractivity contribution in [2.45, 2.75) is 19.0 Å². The van der Waals surface area contributed by atoms with Crippen molar-refractivity contribution in [1.29, 1.82) is 0 Å². The van der Waals surface area contributed by atoms with Crippen LogP contribution in [0.5, 0.6) is 0 Å². The summed E-state index contributed by atoms with van der Waals surface area (Å²) >= 11 is 0. The Morgan fingerprint density at radius 2 is 1.54 bits per heavy atom. The van der Waals surface area contributed by atoms with Crippen LogP contribution in [0.4, 0.5) is 4.79 Å². The maximum atomic E-state index is 13.1. The standard InChI is InChI=1S/C29H35N6O4/c1-4-39-24(36)20-35-23(30-27-26(35)28(37)32(3)29(38)31(27)2)19-33-15-17-34(18-16-33)25(21-11-7-5-8-12-21)22-13-9-6-10-14-22/h5-14,25-26H,4,15-20H2,1-3H3/q+1. The molecule has 0 bridgehead atoms. The number of rotatable bonds is 8. The summed E-state index contributed by atoms with van der Waals surface area (Å²) in [6, 6.07) is 20.0. The van der Waals surface area contributed by atoms with E-state index < -0.39 is 23.9 Å². The summed E-state index contributed by atoms with van der Waals surface area (Å²) in [5, 5.41) is 0. The first kappa shape index (κ1) is 26.7. The van der Waals surface area contributed by atoms with Gasteiger partial charge in [0, 0.05) is 40.3 Å². The molecule has 204 valence electrons. The summed E-state index contributed by atoms with van der Waals surface area (Å²) in [5.74, 6) is 0.131. The van der Waals surface area contributed by atoms with Crippen LogP contribution in [-0.2, 0) is 14.3 Å². The van der Waals surface area contributed by atoms with Gasteiger partial charge in [0.15, 0.2) is 6.54 Å². The second-order valence-electron chi connectivity index (χ2n) is 10.00. The van der Waals surface area contributed by atoms with E-state index in [1.54, 1.807) is 18.5 Å². The Kier molecular flexibility index (Phi) is 7.85. The van der Waals surface area contributed by atoms with Crippen LogP contribution in [0.15, 0.2) is 65.7 Å². The van der Waals surface area contributed by atoms with Gasteiger partial charge in [-0.25, -0.2) is 14.2 Å². The fraction of sp³-hybridized carbons (Fsp3) is 0.414. The van der Waals surface area contributed by atoms with Gasteiger partial charge in [0.25, 0.3) is 17.8 Å². The highest BCUT2D eigenvalue weighted by Crippen LogP contribution is 2.29. The highest BCUT2D eigenvalue weighted by atomic mass is 16.5. The number of imide groups is 1. The number of benzene rings is 2. The van der Waals surface area contributed by atoms with Gasteiger partial charge in [-0.3, -0.25) is 24.4 Å². The average Bonchev–Trinajstić information content (AvgIpc) is 3.30. The molecule has 1 atom stereocenters. The zero-order valence-corrected chi connectivity index (χ0v) is 22.7. The Labute approximate surface area is 228 Å². The number of amidine groups is 2. The first-order chi connectivity index (χ1) is 18.9. The van der Waals surface area contributed by atoms with E-state index >= 15 is 0 Å². The molecule has 10 nitrogen and oxygen atoms in total. The Balaban J connectivity index is 1.35. The molecule has 3 aliphatic rings. The molecule has 2 saturated heterocycles. The summed E-state index contributed by atoms with van der Waals surface area (Å²) in [6.45, 7) is 5.65. The van der Waals surface area contributed by atoms with E-state index in [4.69, 9.17) is 9.73 Å². The molecule has 0 spiro atoms. The van der Waals surface area contributed by atoms with Gasteiger partial charge in [-0.05, 0) is 23.0 Å². The molecule has 3 heterocycles. The first-order valence-corrected chi connectivity index (χ1v) is 13.4. The predicted octanol–water partition coefficient (Wildman–Crippen LogP) is 1.67. The molecule has 10 heteroatoms. The van der Waals surface area contributed by atoms with Gasteiger partial charge in [0.2, 0.25) is 0 Å². The minimum Gasteiger partial charge on any atom is -0.463 e. The van der Waals surface area contributed by atoms with E-state index in [-0.39, 0.29) is 19.2 Å². The zero-order valence-electron chi connectivity index (χ0n) is 22.7. The summed E-state index contributed by atoms with van der Waals surface area (Å²) in [6.07, 6.45) is 0. The third kappa shape index (κ3) is 5.35. The quantitative estimate of drug-likeness (QED) is 0.381. The minimum atomic E-state index is -0.820. The monoisotopic (exact) mass is 531 g/mol. The van der Waals surface area contributed by atoms with Gasteiger partial charge >= 0.3 is 17.8 Å². The largest absolute Gasteiger partial charge is 0.463 e. The summed E-state index contributed by atoms with van der Waals surface area (Å²) < 4.78 is 6.88. The SMILES string of the molecule is CCOC(=O)C[N+]1=C(CN2CCN(C(c3ccccc3)c3ccccc3)CC2)N=C2C1C(=O)N(C)C(=O)N2C. The molecule has 0 N–H and O–H groups in total. The lowest BCUT2D eigenvalue weighted by molar-refractivity contribution is -0.527. The van der Waals surface area contributed by atoms with Crippen molar-refractivity contribution in [2.24, 2.45) is 4.99 Å². The first-order valence-electron chi connectivity index (χ1n) is 13.4. The smallest absolute Gasteiger partial charge is 0.348 e. The highest BCUT2D eigenvalue weighted by molar-refractivity contribution is 6.23. The van der Waals surface area contributed by atoms with Crippen LogP contribution in [0.3, 0.4) is 0 Å². The van der Waals surface area contributed by atoms with Crippen molar-refractivity contribution in [2.75, 3.05) is 60.0 Å².